The number of hydrogen-bond acceptors (Lipinski definition) is 3. The van der Waals surface area contributed by atoms with E-state index in [1.54, 1.807) is 24.3 Å². The van der Waals surface area contributed by atoms with E-state index in [2.05, 4.69) is 15.9 Å². The number of nitriles is 1. The fraction of sp³-hybridized carbons (Fsp3) is 0.125. The van der Waals surface area contributed by atoms with Crippen molar-refractivity contribution >= 4 is 21.7 Å². The number of hydrogen-bond donors (Lipinski definition) is 0. The summed E-state index contributed by atoms with van der Waals surface area (Å²) in [4.78, 5) is 12.5. The Labute approximate surface area is 130 Å². The SMILES string of the molecule is COc1ccccc1C(C#N)C(=O)c1cc(F)cc(Br)c1. The van der Waals surface area contributed by atoms with Gasteiger partial charge in [0, 0.05) is 15.6 Å². The standard InChI is InChI=1S/C16H11BrFNO2/c1-21-15-5-3-2-4-13(15)14(9-19)16(20)10-6-11(17)8-12(18)7-10/h2-8,14H,1H3. The molecule has 21 heavy (non-hydrogen) atoms. The van der Waals surface area contributed by atoms with Crippen LogP contribution in [0, 0.1) is 17.1 Å². The fourth-order valence-corrected chi connectivity index (χ4v) is 2.50. The summed E-state index contributed by atoms with van der Waals surface area (Å²) in [7, 11) is 1.47. The Morgan fingerprint density at radius 3 is 2.67 bits per heavy atom. The molecule has 0 fully saturated rings. The summed E-state index contributed by atoms with van der Waals surface area (Å²) in [5.41, 5.74) is 0.604. The number of rotatable bonds is 4. The van der Waals surface area contributed by atoms with Crippen LogP contribution in [-0.4, -0.2) is 12.9 Å². The van der Waals surface area contributed by atoms with Gasteiger partial charge in [0.2, 0.25) is 0 Å². The van der Waals surface area contributed by atoms with Gasteiger partial charge in [-0.1, -0.05) is 34.1 Å². The molecule has 0 aromatic heterocycles. The van der Waals surface area contributed by atoms with Gasteiger partial charge in [-0.25, -0.2) is 4.39 Å². The van der Waals surface area contributed by atoms with E-state index in [1.807, 2.05) is 6.07 Å². The van der Waals surface area contributed by atoms with E-state index in [4.69, 9.17) is 4.74 Å². The monoisotopic (exact) mass is 347 g/mol. The zero-order valence-electron chi connectivity index (χ0n) is 11.1. The summed E-state index contributed by atoms with van der Waals surface area (Å²) < 4.78 is 19.0. The number of methoxy groups -OCH3 is 1. The molecule has 0 saturated heterocycles. The van der Waals surface area contributed by atoms with E-state index in [1.165, 1.54) is 19.2 Å². The lowest BCUT2D eigenvalue weighted by Crippen LogP contribution is -2.12. The van der Waals surface area contributed by atoms with Crippen molar-refractivity contribution in [2.45, 2.75) is 5.92 Å². The fourth-order valence-electron chi connectivity index (χ4n) is 2.04. The number of ketones is 1. The minimum atomic E-state index is -1.05. The Balaban J connectivity index is 2.46. The second kappa shape index (κ2) is 6.51. The normalized spacial score (nSPS) is 11.5. The van der Waals surface area contributed by atoms with Gasteiger partial charge in [-0.15, -0.1) is 0 Å². The number of benzene rings is 2. The Hall–Kier alpha value is -2.19. The van der Waals surface area contributed by atoms with Gasteiger partial charge in [-0.3, -0.25) is 4.79 Å². The largest absolute Gasteiger partial charge is 0.496 e. The molecule has 0 saturated carbocycles. The Morgan fingerprint density at radius 2 is 2.05 bits per heavy atom. The molecular formula is C16H11BrFNO2. The number of nitrogens with zero attached hydrogens (tertiary/aromatic N) is 1. The molecule has 106 valence electrons. The topological polar surface area (TPSA) is 50.1 Å². The number of halogens is 2. The average molecular weight is 348 g/mol. The maximum Gasteiger partial charge on any atom is 0.184 e. The van der Waals surface area contributed by atoms with Gasteiger partial charge in [-0.05, 0) is 24.3 Å². The first-order valence-electron chi connectivity index (χ1n) is 6.09. The lowest BCUT2D eigenvalue weighted by Gasteiger charge is -2.13. The second-order valence-corrected chi connectivity index (χ2v) is 5.24. The highest BCUT2D eigenvalue weighted by molar-refractivity contribution is 9.10. The van der Waals surface area contributed by atoms with Crippen LogP contribution in [0.15, 0.2) is 46.9 Å². The highest BCUT2D eigenvalue weighted by Gasteiger charge is 2.25. The molecule has 0 radical (unpaired) electrons. The van der Waals surface area contributed by atoms with Crippen molar-refractivity contribution < 1.29 is 13.9 Å². The molecule has 2 aromatic carbocycles. The van der Waals surface area contributed by atoms with E-state index in [9.17, 15) is 14.4 Å². The first kappa shape index (κ1) is 15.2. The molecular weight excluding hydrogens is 337 g/mol. The maximum atomic E-state index is 13.4. The molecule has 0 heterocycles. The number of Topliss-reactive ketones (excluding diaryl/α,β-unsaturated/α-hetero) is 1. The molecule has 0 bridgehead atoms. The van der Waals surface area contributed by atoms with Crippen LogP contribution in [0.25, 0.3) is 0 Å². The quantitative estimate of drug-likeness (QED) is 0.782. The highest BCUT2D eigenvalue weighted by atomic mass is 79.9. The average Bonchev–Trinajstić information content (AvgIpc) is 2.47. The molecule has 0 spiro atoms. The van der Waals surface area contributed by atoms with Crippen molar-refractivity contribution in [3.05, 3.63) is 63.9 Å². The second-order valence-electron chi connectivity index (χ2n) is 4.33. The zero-order valence-corrected chi connectivity index (χ0v) is 12.7. The van der Waals surface area contributed by atoms with E-state index in [0.29, 0.717) is 15.8 Å². The molecule has 0 aliphatic heterocycles. The van der Waals surface area contributed by atoms with Gasteiger partial charge < -0.3 is 4.74 Å². The number of carbonyl (C=O) groups excluding carboxylic acids is 1. The van der Waals surface area contributed by atoms with Gasteiger partial charge in [0.1, 0.15) is 17.5 Å². The Kier molecular flexibility index (Phi) is 4.71. The molecule has 0 aliphatic rings. The molecule has 2 rings (SSSR count). The first-order valence-corrected chi connectivity index (χ1v) is 6.89. The lowest BCUT2D eigenvalue weighted by atomic mass is 9.91. The third-order valence-electron chi connectivity index (χ3n) is 2.99. The third kappa shape index (κ3) is 3.29. The van der Waals surface area contributed by atoms with Crippen LogP contribution in [-0.2, 0) is 0 Å². The van der Waals surface area contributed by atoms with Crippen LogP contribution in [0.1, 0.15) is 21.8 Å². The summed E-state index contributed by atoms with van der Waals surface area (Å²) in [6.45, 7) is 0. The van der Waals surface area contributed by atoms with Crippen LogP contribution in [0.5, 0.6) is 5.75 Å². The summed E-state index contributed by atoms with van der Waals surface area (Å²) in [6.07, 6.45) is 0. The Morgan fingerprint density at radius 1 is 1.33 bits per heavy atom. The van der Waals surface area contributed by atoms with E-state index in [0.717, 1.165) is 6.07 Å². The minimum absolute atomic E-state index is 0.138. The van der Waals surface area contributed by atoms with E-state index >= 15 is 0 Å². The van der Waals surface area contributed by atoms with Crippen molar-refractivity contribution in [1.29, 1.82) is 5.26 Å². The van der Waals surface area contributed by atoms with E-state index in [-0.39, 0.29) is 5.56 Å². The Bertz CT molecular complexity index is 704. The van der Waals surface area contributed by atoms with Crippen molar-refractivity contribution in [3.63, 3.8) is 0 Å². The summed E-state index contributed by atoms with van der Waals surface area (Å²) >= 11 is 3.14. The summed E-state index contributed by atoms with van der Waals surface area (Å²) in [5, 5.41) is 9.34. The molecule has 5 heteroatoms. The van der Waals surface area contributed by atoms with Gasteiger partial charge in [-0.2, -0.15) is 5.26 Å². The molecule has 1 unspecified atom stereocenters. The molecule has 0 aliphatic carbocycles. The molecule has 1 atom stereocenters. The number of ether oxygens (including phenoxy) is 1. The first-order chi connectivity index (χ1) is 10.1. The summed E-state index contributed by atoms with van der Waals surface area (Å²) in [5.74, 6) is -1.60. The molecule has 0 amide bonds. The lowest BCUT2D eigenvalue weighted by molar-refractivity contribution is 0.0977. The predicted octanol–water partition coefficient (Wildman–Crippen LogP) is 4.09. The van der Waals surface area contributed by atoms with Crippen LogP contribution in [0.2, 0.25) is 0 Å². The van der Waals surface area contributed by atoms with Gasteiger partial charge >= 0.3 is 0 Å². The van der Waals surface area contributed by atoms with E-state index < -0.39 is 17.5 Å². The maximum absolute atomic E-state index is 13.4. The smallest absolute Gasteiger partial charge is 0.184 e. The number of para-hydroxylation sites is 1. The van der Waals surface area contributed by atoms with Crippen molar-refractivity contribution in [2.75, 3.05) is 7.11 Å². The van der Waals surface area contributed by atoms with Gasteiger partial charge in [0.15, 0.2) is 5.78 Å². The molecule has 2 aromatic rings. The van der Waals surface area contributed by atoms with Crippen molar-refractivity contribution in [2.24, 2.45) is 0 Å². The predicted molar refractivity (Wildman–Crippen MR) is 79.8 cm³/mol. The summed E-state index contributed by atoms with van der Waals surface area (Å²) in [6, 6.07) is 12.6. The van der Waals surface area contributed by atoms with Gasteiger partial charge in [0.25, 0.3) is 0 Å². The van der Waals surface area contributed by atoms with Gasteiger partial charge in [0.05, 0.1) is 13.2 Å². The number of carbonyl (C=O) groups is 1. The van der Waals surface area contributed by atoms with Crippen LogP contribution in [0.4, 0.5) is 4.39 Å². The molecule has 0 N–H and O–H groups in total. The minimum Gasteiger partial charge on any atom is -0.496 e. The molecule has 3 nitrogen and oxygen atoms in total. The zero-order chi connectivity index (χ0) is 15.4. The van der Waals surface area contributed by atoms with Crippen LogP contribution < -0.4 is 4.74 Å². The van der Waals surface area contributed by atoms with Crippen LogP contribution >= 0.6 is 15.9 Å². The van der Waals surface area contributed by atoms with Crippen molar-refractivity contribution in [1.82, 2.24) is 0 Å². The van der Waals surface area contributed by atoms with Crippen molar-refractivity contribution in [3.8, 4) is 11.8 Å². The highest BCUT2D eigenvalue weighted by Crippen LogP contribution is 2.29. The van der Waals surface area contributed by atoms with Crippen LogP contribution in [0.3, 0.4) is 0 Å². The third-order valence-corrected chi connectivity index (χ3v) is 3.45.